The molecule has 0 aliphatic heterocycles. The number of aliphatic hydroxyl groups is 2. The van der Waals surface area contributed by atoms with Crippen LogP contribution in [0.1, 0.15) is 27.7 Å². The van der Waals surface area contributed by atoms with E-state index in [1.165, 1.54) is 12.2 Å². The average Bonchev–Trinajstić information content (AvgIpc) is 1.80. The van der Waals surface area contributed by atoms with Gasteiger partial charge in [-0.25, -0.2) is 0 Å². The van der Waals surface area contributed by atoms with Crippen LogP contribution < -0.4 is 0 Å². The minimum absolute atomic E-state index is 0.187. The molecule has 0 bridgehead atoms. The van der Waals surface area contributed by atoms with Crippen molar-refractivity contribution >= 4 is 0 Å². The minimum atomic E-state index is -0.260. The molecule has 0 aromatic rings. The summed E-state index contributed by atoms with van der Waals surface area (Å²) in [7, 11) is 0. The Balaban J connectivity index is 4.13. The lowest BCUT2D eigenvalue weighted by Gasteiger charge is -2.04. The van der Waals surface area contributed by atoms with Gasteiger partial charge in [0.15, 0.2) is 0 Å². The summed E-state index contributed by atoms with van der Waals surface area (Å²) in [5.41, 5.74) is 0. The van der Waals surface area contributed by atoms with Crippen LogP contribution in [-0.2, 0) is 4.74 Å². The Morgan fingerprint density at radius 2 is 1.23 bits per heavy atom. The van der Waals surface area contributed by atoms with Gasteiger partial charge in [-0.1, -0.05) is 27.7 Å². The van der Waals surface area contributed by atoms with Crippen LogP contribution in [0.4, 0.5) is 0 Å². The van der Waals surface area contributed by atoms with Crippen molar-refractivity contribution in [1.82, 2.24) is 0 Å². The molecule has 0 spiro atoms. The van der Waals surface area contributed by atoms with Gasteiger partial charge < -0.3 is 14.9 Å². The van der Waals surface area contributed by atoms with Gasteiger partial charge in [-0.05, 0) is 24.0 Å². The van der Waals surface area contributed by atoms with E-state index in [1.807, 2.05) is 27.7 Å². The molecule has 3 heteroatoms. The Labute approximate surface area is 79.3 Å². The highest BCUT2D eigenvalue weighted by Crippen LogP contribution is 2.07. The molecule has 3 nitrogen and oxygen atoms in total. The summed E-state index contributed by atoms with van der Waals surface area (Å²) in [6.45, 7) is 7.62. The van der Waals surface area contributed by atoms with Gasteiger partial charge in [0.2, 0.25) is 0 Å². The third kappa shape index (κ3) is 7.25. The molecule has 76 valence electrons. The number of allylic oxidation sites excluding steroid dienone is 2. The first-order valence-corrected chi connectivity index (χ1v) is 4.41. The van der Waals surface area contributed by atoms with Gasteiger partial charge in [-0.15, -0.1) is 0 Å². The molecule has 0 rings (SSSR count). The van der Waals surface area contributed by atoms with Crippen molar-refractivity contribution < 1.29 is 14.9 Å². The van der Waals surface area contributed by atoms with Crippen molar-refractivity contribution in [2.24, 2.45) is 11.8 Å². The molecule has 0 saturated carbocycles. The molecule has 0 unspecified atom stereocenters. The monoisotopic (exact) mass is 186 g/mol. The van der Waals surface area contributed by atoms with Crippen molar-refractivity contribution in [2.75, 3.05) is 0 Å². The molecule has 2 N–H and O–H groups in total. The molecule has 0 aromatic heterocycles. The second kappa shape index (κ2) is 5.51. The lowest BCUT2D eigenvalue weighted by molar-refractivity contribution is 0.0646. The molecule has 0 aliphatic carbocycles. The molecule has 13 heavy (non-hydrogen) atoms. The molecule has 0 aromatic carbocycles. The van der Waals surface area contributed by atoms with Crippen LogP contribution in [0.2, 0.25) is 0 Å². The van der Waals surface area contributed by atoms with Crippen LogP contribution in [0.25, 0.3) is 0 Å². The fraction of sp³-hybridized carbons (Fsp3) is 0.600. The number of hydrogen-bond donors (Lipinski definition) is 2. The van der Waals surface area contributed by atoms with E-state index in [-0.39, 0.29) is 23.7 Å². The standard InChI is InChI=1S/C10H18O3/c1-7(2)5-9(11)13-10(12)6-8(3)4/h5-8,11-12H,1-4H3. The first-order chi connectivity index (χ1) is 5.91. The third-order valence-corrected chi connectivity index (χ3v) is 1.16. The van der Waals surface area contributed by atoms with E-state index in [0.29, 0.717) is 0 Å². The van der Waals surface area contributed by atoms with Crippen LogP contribution >= 0.6 is 0 Å². The van der Waals surface area contributed by atoms with Crippen LogP contribution in [0.5, 0.6) is 0 Å². The number of rotatable bonds is 4. The Bertz CT molecular complexity index is 180. The zero-order valence-corrected chi connectivity index (χ0v) is 8.61. The lowest BCUT2D eigenvalue weighted by atomic mass is 10.2. The van der Waals surface area contributed by atoms with E-state index < -0.39 is 0 Å². The molecule has 0 heterocycles. The Morgan fingerprint density at radius 3 is 1.46 bits per heavy atom. The molecular formula is C10H18O3. The van der Waals surface area contributed by atoms with Crippen LogP contribution in [-0.4, -0.2) is 10.2 Å². The smallest absolute Gasteiger partial charge is 0.280 e. The van der Waals surface area contributed by atoms with Gasteiger partial charge >= 0.3 is 0 Å². The SMILES string of the molecule is CC(C)C=C(O)OC(O)=CC(C)C. The third-order valence-electron chi connectivity index (χ3n) is 1.16. The predicted octanol–water partition coefficient (Wildman–Crippen LogP) is 3.11. The fourth-order valence-electron chi connectivity index (χ4n) is 0.745. The van der Waals surface area contributed by atoms with Crippen LogP contribution in [0.3, 0.4) is 0 Å². The van der Waals surface area contributed by atoms with Gasteiger partial charge in [-0.2, -0.15) is 0 Å². The number of ether oxygens (including phenoxy) is 1. The normalized spacial score (nSPS) is 14.0. The first-order valence-electron chi connectivity index (χ1n) is 4.41. The summed E-state index contributed by atoms with van der Waals surface area (Å²) in [6.07, 6.45) is 3.04. The summed E-state index contributed by atoms with van der Waals surface area (Å²) in [4.78, 5) is 0. The lowest BCUT2D eigenvalue weighted by Crippen LogP contribution is -1.95. The van der Waals surface area contributed by atoms with E-state index in [1.54, 1.807) is 0 Å². The largest absolute Gasteiger partial charge is 0.481 e. The summed E-state index contributed by atoms with van der Waals surface area (Å²) in [5.74, 6) is -0.146. The predicted molar refractivity (Wildman–Crippen MR) is 52.2 cm³/mol. The minimum Gasteiger partial charge on any atom is -0.481 e. The summed E-state index contributed by atoms with van der Waals surface area (Å²) in [6, 6.07) is 0. The van der Waals surface area contributed by atoms with E-state index in [4.69, 9.17) is 14.9 Å². The van der Waals surface area contributed by atoms with Crippen molar-refractivity contribution in [2.45, 2.75) is 27.7 Å². The molecule has 0 atom stereocenters. The molecule has 0 aliphatic rings. The molecule has 0 amide bonds. The second-order valence-corrected chi connectivity index (χ2v) is 3.60. The van der Waals surface area contributed by atoms with Crippen molar-refractivity contribution in [3.8, 4) is 0 Å². The zero-order valence-electron chi connectivity index (χ0n) is 8.61. The van der Waals surface area contributed by atoms with Gasteiger partial charge in [0.1, 0.15) is 0 Å². The van der Waals surface area contributed by atoms with E-state index in [0.717, 1.165) is 0 Å². The van der Waals surface area contributed by atoms with Gasteiger partial charge in [-0.3, -0.25) is 0 Å². The Kier molecular flexibility index (Phi) is 5.04. The first kappa shape index (κ1) is 11.9. The molecule has 0 radical (unpaired) electrons. The van der Waals surface area contributed by atoms with Gasteiger partial charge in [0.25, 0.3) is 11.9 Å². The maximum absolute atomic E-state index is 9.14. The maximum Gasteiger partial charge on any atom is 0.280 e. The Hall–Kier alpha value is -1.12. The second-order valence-electron chi connectivity index (χ2n) is 3.60. The van der Waals surface area contributed by atoms with E-state index in [9.17, 15) is 0 Å². The van der Waals surface area contributed by atoms with Crippen molar-refractivity contribution in [3.63, 3.8) is 0 Å². The molecule has 0 fully saturated rings. The highest BCUT2D eigenvalue weighted by atomic mass is 16.7. The number of hydrogen-bond acceptors (Lipinski definition) is 3. The topological polar surface area (TPSA) is 49.7 Å². The summed E-state index contributed by atoms with van der Waals surface area (Å²) >= 11 is 0. The highest BCUT2D eigenvalue weighted by molar-refractivity contribution is 4.92. The number of aliphatic hydroxyl groups excluding tert-OH is 2. The maximum atomic E-state index is 9.14. The van der Waals surface area contributed by atoms with Crippen molar-refractivity contribution in [1.29, 1.82) is 0 Å². The average molecular weight is 186 g/mol. The van der Waals surface area contributed by atoms with Crippen LogP contribution in [0, 0.1) is 11.8 Å². The van der Waals surface area contributed by atoms with Crippen molar-refractivity contribution in [3.05, 3.63) is 24.0 Å². The fourth-order valence-corrected chi connectivity index (χ4v) is 0.745. The van der Waals surface area contributed by atoms with Gasteiger partial charge in [0, 0.05) is 0 Å². The highest BCUT2D eigenvalue weighted by Gasteiger charge is 2.01. The van der Waals surface area contributed by atoms with Crippen LogP contribution in [0.15, 0.2) is 24.0 Å². The van der Waals surface area contributed by atoms with E-state index in [2.05, 4.69) is 0 Å². The quantitative estimate of drug-likeness (QED) is 0.663. The summed E-state index contributed by atoms with van der Waals surface area (Å²) < 4.78 is 4.71. The molecular weight excluding hydrogens is 168 g/mol. The van der Waals surface area contributed by atoms with E-state index >= 15 is 0 Å². The van der Waals surface area contributed by atoms with Gasteiger partial charge in [0.05, 0.1) is 0 Å². The zero-order chi connectivity index (χ0) is 10.4. The Morgan fingerprint density at radius 1 is 0.923 bits per heavy atom. The summed E-state index contributed by atoms with van der Waals surface area (Å²) in [5, 5.41) is 18.3. The molecule has 0 saturated heterocycles.